The molecule has 2 aromatic rings. The van der Waals surface area contributed by atoms with Crippen LogP contribution in [0.3, 0.4) is 0 Å². The zero-order chi connectivity index (χ0) is 22.5. The number of carbonyl (C=O) groups is 1. The third-order valence-corrected chi connectivity index (χ3v) is 4.39. The first-order valence-corrected chi connectivity index (χ1v) is 9.82. The number of hydrogen-bond acceptors (Lipinski definition) is 6. The number of anilines is 1. The van der Waals surface area contributed by atoms with Gasteiger partial charge in [0.15, 0.2) is 0 Å². The van der Waals surface area contributed by atoms with Gasteiger partial charge in [0.2, 0.25) is 0 Å². The molecular weight excluding hydrogens is 394 g/mol. The summed E-state index contributed by atoms with van der Waals surface area (Å²) in [7, 11) is 1.49. The Bertz CT molecular complexity index is 933. The number of ether oxygens (including phenoxy) is 1. The van der Waals surface area contributed by atoms with E-state index in [0.717, 1.165) is 38.7 Å². The molecule has 0 aliphatic rings. The maximum atomic E-state index is 11.9. The van der Waals surface area contributed by atoms with E-state index in [2.05, 4.69) is 10.5 Å². The van der Waals surface area contributed by atoms with Crippen LogP contribution >= 0.6 is 0 Å². The van der Waals surface area contributed by atoms with Gasteiger partial charge in [-0.05, 0) is 82.5 Å². The second-order valence-electron chi connectivity index (χ2n) is 8.29. The highest BCUT2D eigenvalue weighted by Gasteiger charge is 2.13. The van der Waals surface area contributed by atoms with E-state index >= 15 is 0 Å². The lowest BCUT2D eigenvalue weighted by Gasteiger charge is -2.18. The maximum Gasteiger partial charge on any atom is 0.335 e. The van der Waals surface area contributed by atoms with Gasteiger partial charge in [0.1, 0.15) is 18.0 Å². The number of aryl methyl sites for hydroxylation is 2. The summed E-state index contributed by atoms with van der Waals surface area (Å²) < 4.78 is 6.07. The molecule has 2 amide bonds. The maximum absolute atomic E-state index is 11.9. The summed E-state index contributed by atoms with van der Waals surface area (Å²) in [6, 6.07) is 11.2. The van der Waals surface area contributed by atoms with Gasteiger partial charge in [0, 0.05) is 18.3 Å². The van der Waals surface area contributed by atoms with Crippen LogP contribution in [0.1, 0.15) is 49.9 Å². The predicted molar refractivity (Wildman–Crippen MR) is 126 cm³/mol. The molecule has 0 spiro atoms. The third-order valence-electron chi connectivity index (χ3n) is 4.39. The average Bonchev–Trinajstić information content (AvgIpc) is 2.65. The Labute approximate surface area is 184 Å². The molecule has 8 heteroatoms. The van der Waals surface area contributed by atoms with Crippen molar-refractivity contribution in [1.29, 1.82) is 0 Å². The molecule has 0 aromatic heterocycles. The minimum Gasteiger partial charge on any atom is -0.489 e. The number of rotatable bonds is 6. The predicted octanol–water partition coefficient (Wildman–Crippen LogP) is 4.92. The van der Waals surface area contributed by atoms with Gasteiger partial charge in [-0.3, -0.25) is 5.01 Å². The van der Waals surface area contributed by atoms with Crippen LogP contribution in [-0.2, 0) is 11.4 Å². The van der Waals surface area contributed by atoms with Crippen molar-refractivity contribution < 1.29 is 14.4 Å². The normalized spacial score (nSPS) is 11.4. The average molecular weight is 430 g/mol. The van der Waals surface area contributed by atoms with Gasteiger partial charge >= 0.3 is 6.03 Å². The van der Waals surface area contributed by atoms with Crippen LogP contribution in [0.5, 0.6) is 5.75 Å². The first-order valence-electron chi connectivity index (χ1n) is 9.82. The van der Waals surface area contributed by atoms with Crippen LogP contribution in [0.15, 0.2) is 41.6 Å². The fraction of sp³-hybridized carbons (Fsp3) is 0.391. The number of benzene rings is 2. The smallest absolute Gasteiger partial charge is 0.335 e. The van der Waals surface area contributed by atoms with Gasteiger partial charge in [-0.15, -0.1) is 0 Å². The molecule has 8 nitrogen and oxygen atoms in total. The number of nitrogens with zero attached hydrogens (tertiary/aromatic N) is 2. The number of carbonyl (C=O) groups excluding carboxylic acids is 1. The SMILES string of the molecule is CC(=NOC(C)(C)C)c1ccc(OCc2c(C)cccc2NC(=O)N(C)N)c(C)c1.N. The standard InChI is InChI=1S/C23H32N4O3.H3N/c1-15-9-8-10-20(25-22(28)27(7)24)19(15)14-29-21-12-11-18(13-16(21)2)17(3)26-30-23(4,5)6;/h8-13H,14,24H2,1-7H3,(H,25,28);1H3. The van der Waals surface area contributed by atoms with E-state index in [1.807, 2.05) is 77.9 Å². The molecule has 6 N–H and O–H groups in total. The number of amides is 2. The molecule has 2 rings (SSSR count). The van der Waals surface area contributed by atoms with Gasteiger partial charge in [-0.25, -0.2) is 10.6 Å². The molecule has 0 bridgehead atoms. The van der Waals surface area contributed by atoms with Crippen molar-refractivity contribution >= 4 is 17.4 Å². The molecule has 170 valence electrons. The second kappa shape index (κ2) is 10.8. The summed E-state index contributed by atoms with van der Waals surface area (Å²) in [6.07, 6.45) is 0. The monoisotopic (exact) mass is 429 g/mol. The van der Waals surface area contributed by atoms with Crippen LogP contribution in [0.4, 0.5) is 10.5 Å². The number of nitrogens with two attached hydrogens (primary N) is 1. The largest absolute Gasteiger partial charge is 0.489 e. The summed E-state index contributed by atoms with van der Waals surface area (Å²) in [5, 5.41) is 8.02. The highest BCUT2D eigenvalue weighted by atomic mass is 16.6. The number of urea groups is 1. The van der Waals surface area contributed by atoms with Gasteiger partial charge in [0.25, 0.3) is 0 Å². The molecule has 0 saturated carbocycles. The van der Waals surface area contributed by atoms with E-state index < -0.39 is 6.03 Å². The Hall–Kier alpha value is -3.10. The summed E-state index contributed by atoms with van der Waals surface area (Å²) in [5.74, 6) is 6.28. The lowest BCUT2D eigenvalue weighted by Crippen LogP contribution is -2.37. The molecule has 0 fully saturated rings. The zero-order valence-corrected chi connectivity index (χ0v) is 19.6. The summed E-state index contributed by atoms with van der Waals surface area (Å²) in [5.41, 5.74) is 5.01. The third kappa shape index (κ3) is 7.58. The lowest BCUT2D eigenvalue weighted by atomic mass is 10.1. The van der Waals surface area contributed by atoms with Crippen molar-refractivity contribution in [2.75, 3.05) is 12.4 Å². The number of oxime groups is 1. The Morgan fingerprint density at radius 1 is 1.16 bits per heavy atom. The Morgan fingerprint density at radius 3 is 2.42 bits per heavy atom. The fourth-order valence-corrected chi connectivity index (χ4v) is 2.66. The van der Waals surface area contributed by atoms with Crippen LogP contribution in [-0.4, -0.2) is 29.4 Å². The summed E-state index contributed by atoms with van der Waals surface area (Å²) in [4.78, 5) is 17.5. The van der Waals surface area contributed by atoms with E-state index in [1.165, 1.54) is 7.05 Å². The molecule has 2 aromatic carbocycles. The summed E-state index contributed by atoms with van der Waals surface area (Å²) in [6.45, 7) is 12.1. The van der Waals surface area contributed by atoms with Crippen LogP contribution in [0.25, 0.3) is 0 Å². The number of nitrogens with one attached hydrogen (secondary N) is 1. The molecule has 0 radical (unpaired) electrons. The van der Waals surface area contributed by atoms with E-state index in [4.69, 9.17) is 15.4 Å². The molecule has 0 atom stereocenters. The van der Waals surface area contributed by atoms with Crippen molar-refractivity contribution in [3.8, 4) is 5.75 Å². The molecule has 31 heavy (non-hydrogen) atoms. The van der Waals surface area contributed by atoms with E-state index in [-0.39, 0.29) is 11.8 Å². The second-order valence-corrected chi connectivity index (χ2v) is 8.29. The molecule has 0 aliphatic carbocycles. The fourth-order valence-electron chi connectivity index (χ4n) is 2.66. The quantitative estimate of drug-likeness (QED) is 0.260. The first kappa shape index (κ1) is 25.9. The van der Waals surface area contributed by atoms with Crippen molar-refractivity contribution in [3.05, 3.63) is 58.7 Å². The van der Waals surface area contributed by atoms with E-state index in [1.54, 1.807) is 0 Å². The Kier molecular flexibility index (Phi) is 9.02. The Balaban J connectivity index is 0.00000480. The van der Waals surface area contributed by atoms with E-state index in [0.29, 0.717) is 12.3 Å². The molecule has 0 saturated heterocycles. The van der Waals surface area contributed by atoms with Crippen molar-refractivity contribution in [2.45, 2.75) is 53.8 Å². The van der Waals surface area contributed by atoms with Crippen molar-refractivity contribution in [1.82, 2.24) is 11.2 Å². The molecule has 0 unspecified atom stereocenters. The van der Waals surface area contributed by atoms with Crippen LogP contribution in [0, 0.1) is 13.8 Å². The number of hydrogen-bond donors (Lipinski definition) is 3. The lowest BCUT2D eigenvalue weighted by molar-refractivity contribution is 0.000953. The van der Waals surface area contributed by atoms with Crippen LogP contribution < -0.4 is 22.0 Å². The zero-order valence-electron chi connectivity index (χ0n) is 19.6. The van der Waals surface area contributed by atoms with Gasteiger partial charge < -0.3 is 21.0 Å². The van der Waals surface area contributed by atoms with E-state index in [9.17, 15) is 4.79 Å². The van der Waals surface area contributed by atoms with Gasteiger partial charge in [-0.1, -0.05) is 17.3 Å². The van der Waals surface area contributed by atoms with Crippen molar-refractivity contribution in [3.63, 3.8) is 0 Å². The molecular formula is C23H35N5O3. The highest BCUT2D eigenvalue weighted by molar-refractivity contribution is 5.98. The summed E-state index contributed by atoms with van der Waals surface area (Å²) >= 11 is 0. The highest BCUT2D eigenvalue weighted by Crippen LogP contribution is 2.25. The molecule has 0 heterocycles. The van der Waals surface area contributed by atoms with Crippen molar-refractivity contribution in [2.24, 2.45) is 11.0 Å². The minimum absolute atomic E-state index is 0. The molecule has 0 aliphatic heterocycles. The van der Waals surface area contributed by atoms with Gasteiger partial charge in [-0.2, -0.15) is 0 Å². The minimum atomic E-state index is -0.394. The topological polar surface area (TPSA) is 124 Å². The number of hydrazine groups is 1. The van der Waals surface area contributed by atoms with Crippen LogP contribution in [0.2, 0.25) is 0 Å². The first-order chi connectivity index (χ1) is 14.0. The Morgan fingerprint density at radius 2 is 1.84 bits per heavy atom. The van der Waals surface area contributed by atoms with Gasteiger partial charge in [0.05, 0.1) is 5.71 Å².